The highest BCUT2D eigenvalue weighted by Gasteiger charge is 2.23. The van der Waals surface area contributed by atoms with Crippen LogP contribution in [0.25, 0.3) is 0 Å². The molecule has 2 nitrogen and oxygen atoms in total. The van der Waals surface area contributed by atoms with Crippen molar-refractivity contribution >= 4 is 11.4 Å². The van der Waals surface area contributed by atoms with Crippen LogP contribution in [-0.4, -0.2) is 7.05 Å². The summed E-state index contributed by atoms with van der Waals surface area (Å²) in [7, 11) is 1.89. The van der Waals surface area contributed by atoms with E-state index in [0.29, 0.717) is 0 Å². The van der Waals surface area contributed by atoms with Gasteiger partial charge in [0.05, 0.1) is 11.4 Å². The van der Waals surface area contributed by atoms with Gasteiger partial charge < -0.3 is 11.1 Å². The molecule has 0 amide bonds. The van der Waals surface area contributed by atoms with Gasteiger partial charge in [-0.3, -0.25) is 0 Å². The fourth-order valence-electron chi connectivity index (χ4n) is 1.48. The van der Waals surface area contributed by atoms with Crippen molar-refractivity contribution in [2.24, 2.45) is 0 Å². The maximum atomic E-state index is 5.83. The van der Waals surface area contributed by atoms with Crippen LogP contribution >= 0.6 is 0 Å². The molecule has 1 aromatic carbocycles. The normalized spacial score (nSPS) is 16.1. The highest BCUT2D eigenvalue weighted by Crippen LogP contribution is 2.41. The first-order valence-electron chi connectivity index (χ1n) is 4.38. The minimum atomic E-state index is 0.790. The largest absolute Gasteiger partial charge is 0.397 e. The van der Waals surface area contributed by atoms with Gasteiger partial charge in [-0.25, -0.2) is 0 Å². The van der Waals surface area contributed by atoms with E-state index < -0.39 is 0 Å². The predicted octanol–water partition coefficient (Wildman–Crippen LogP) is 2.19. The van der Waals surface area contributed by atoms with E-state index in [0.717, 1.165) is 17.3 Å². The summed E-state index contributed by atoms with van der Waals surface area (Å²) in [5, 5.41) is 3.06. The minimum absolute atomic E-state index is 0.790. The van der Waals surface area contributed by atoms with Gasteiger partial charge in [-0.1, -0.05) is 6.07 Å². The molecule has 0 heterocycles. The van der Waals surface area contributed by atoms with Gasteiger partial charge in [-0.2, -0.15) is 0 Å². The van der Waals surface area contributed by atoms with E-state index in [1.165, 1.54) is 18.4 Å². The number of hydrogen-bond acceptors (Lipinski definition) is 2. The van der Waals surface area contributed by atoms with Gasteiger partial charge in [0, 0.05) is 7.05 Å². The first-order chi connectivity index (χ1) is 5.81. The van der Waals surface area contributed by atoms with E-state index in [-0.39, 0.29) is 0 Å². The Morgan fingerprint density at radius 2 is 2.17 bits per heavy atom. The molecule has 0 atom stereocenters. The molecule has 0 radical (unpaired) electrons. The lowest BCUT2D eigenvalue weighted by Gasteiger charge is -2.06. The molecule has 0 aliphatic heterocycles. The van der Waals surface area contributed by atoms with E-state index in [4.69, 9.17) is 5.73 Å². The lowest BCUT2D eigenvalue weighted by atomic mass is 10.1. The van der Waals surface area contributed by atoms with Crippen LogP contribution < -0.4 is 11.1 Å². The topological polar surface area (TPSA) is 38.0 Å². The van der Waals surface area contributed by atoms with Crippen LogP contribution in [-0.2, 0) is 0 Å². The smallest absolute Gasteiger partial charge is 0.0571 e. The van der Waals surface area contributed by atoms with Crippen molar-refractivity contribution in [2.45, 2.75) is 18.8 Å². The van der Waals surface area contributed by atoms with Crippen molar-refractivity contribution < 1.29 is 0 Å². The van der Waals surface area contributed by atoms with Gasteiger partial charge in [0.2, 0.25) is 0 Å². The van der Waals surface area contributed by atoms with Crippen LogP contribution in [0.4, 0.5) is 11.4 Å². The third-order valence-corrected chi connectivity index (χ3v) is 2.39. The Bertz CT molecular complexity index is 290. The van der Waals surface area contributed by atoms with E-state index in [9.17, 15) is 0 Å². The van der Waals surface area contributed by atoms with Gasteiger partial charge in [0.15, 0.2) is 0 Å². The van der Waals surface area contributed by atoms with Gasteiger partial charge >= 0.3 is 0 Å². The van der Waals surface area contributed by atoms with Crippen LogP contribution in [0.2, 0.25) is 0 Å². The Labute approximate surface area is 72.8 Å². The summed E-state index contributed by atoms with van der Waals surface area (Å²) in [5.74, 6) is 0.790. The lowest BCUT2D eigenvalue weighted by Crippen LogP contribution is -1.96. The lowest BCUT2D eigenvalue weighted by molar-refractivity contribution is 1.13. The summed E-state index contributed by atoms with van der Waals surface area (Å²) in [5.41, 5.74) is 9.12. The molecule has 64 valence electrons. The molecule has 3 N–H and O–H groups in total. The number of rotatable bonds is 2. The van der Waals surface area contributed by atoms with Crippen LogP contribution in [0.1, 0.15) is 24.3 Å². The second kappa shape index (κ2) is 2.70. The van der Waals surface area contributed by atoms with Gasteiger partial charge in [0.25, 0.3) is 0 Å². The van der Waals surface area contributed by atoms with E-state index in [1.54, 1.807) is 0 Å². The molecule has 0 saturated heterocycles. The zero-order valence-corrected chi connectivity index (χ0v) is 7.30. The van der Waals surface area contributed by atoms with Gasteiger partial charge in [-0.05, 0) is 36.5 Å². The third-order valence-electron chi connectivity index (χ3n) is 2.39. The van der Waals surface area contributed by atoms with Crippen LogP contribution in [0.3, 0.4) is 0 Å². The molecule has 2 rings (SSSR count). The third kappa shape index (κ3) is 1.24. The molecule has 12 heavy (non-hydrogen) atoms. The Morgan fingerprint density at radius 3 is 2.67 bits per heavy atom. The first kappa shape index (κ1) is 7.47. The molecular weight excluding hydrogens is 148 g/mol. The van der Waals surface area contributed by atoms with Crippen LogP contribution in [0.5, 0.6) is 0 Å². The summed E-state index contributed by atoms with van der Waals surface area (Å²) in [4.78, 5) is 0. The van der Waals surface area contributed by atoms with Crippen molar-refractivity contribution in [3.05, 3.63) is 23.8 Å². The molecule has 2 heteroatoms. The Morgan fingerprint density at radius 1 is 1.42 bits per heavy atom. The van der Waals surface area contributed by atoms with Crippen molar-refractivity contribution in [2.75, 3.05) is 18.1 Å². The van der Waals surface area contributed by atoms with E-state index in [2.05, 4.69) is 23.5 Å². The van der Waals surface area contributed by atoms with Crippen molar-refractivity contribution in [1.29, 1.82) is 0 Å². The Kier molecular flexibility index (Phi) is 1.68. The number of nitrogens with one attached hydrogen (secondary N) is 1. The first-order valence-corrected chi connectivity index (χ1v) is 4.38. The predicted molar refractivity (Wildman–Crippen MR) is 52.4 cm³/mol. The SMILES string of the molecule is CNc1ccc(C2CC2)cc1N. The molecular formula is C10H14N2. The number of anilines is 2. The molecule has 0 aromatic heterocycles. The highest BCUT2D eigenvalue weighted by atomic mass is 14.8. The zero-order valence-electron chi connectivity index (χ0n) is 7.30. The van der Waals surface area contributed by atoms with Gasteiger partial charge in [0.1, 0.15) is 0 Å². The molecule has 0 bridgehead atoms. The monoisotopic (exact) mass is 162 g/mol. The number of hydrogen-bond donors (Lipinski definition) is 2. The quantitative estimate of drug-likeness (QED) is 0.654. The maximum absolute atomic E-state index is 5.83. The molecule has 1 aliphatic carbocycles. The van der Waals surface area contributed by atoms with Crippen LogP contribution in [0, 0.1) is 0 Å². The average molecular weight is 162 g/mol. The number of nitrogen functional groups attached to an aromatic ring is 1. The Hall–Kier alpha value is -1.18. The Balaban J connectivity index is 2.30. The minimum Gasteiger partial charge on any atom is -0.397 e. The van der Waals surface area contributed by atoms with Crippen molar-refractivity contribution in [3.8, 4) is 0 Å². The zero-order chi connectivity index (χ0) is 8.55. The summed E-state index contributed by atoms with van der Waals surface area (Å²) in [6.45, 7) is 0. The van der Waals surface area contributed by atoms with E-state index in [1.807, 2.05) is 7.05 Å². The summed E-state index contributed by atoms with van der Waals surface area (Å²) in [6, 6.07) is 6.31. The summed E-state index contributed by atoms with van der Waals surface area (Å²) >= 11 is 0. The maximum Gasteiger partial charge on any atom is 0.0571 e. The molecule has 1 aliphatic rings. The molecule has 1 saturated carbocycles. The fourth-order valence-corrected chi connectivity index (χ4v) is 1.48. The standard InChI is InChI=1S/C10H14N2/c1-12-10-5-4-8(6-9(10)11)7-2-3-7/h4-7,12H,2-3,11H2,1H3. The second-order valence-corrected chi connectivity index (χ2v) is 3.37. The number of nitrogens with two attached hydrogens (primary N) is 1. The summed E-state index contributed by atoms with van der Waals surface area (Å²) in [6.07, 6.45) is 2.66. The van der Waals surface area contributed by atoms with Crippen molar-refractivity contribution in [3.63, 3.8) is 0 Å². The second-order valence-electron chi connectivity index (χ2n) is 3.37. The molecule has 0 unspecified atom stereocenters. The molecule has 0 spiro atoms. The average Bonchev–Trinajstić information content (AvgIpc) is 2.86. The summed E-state index contributed by atoms with van der Waals surface area (Å²) < 4.78 is 0. The van der Waals surface area contributed by atoms with Gasteiger partial charge in [-0.15, -0.1) is 0 Å². The van der Waals surface area contributed by atoms with Crippen LogP contribution in [0.15, 0.2) is 18.2 Å². The van der Waals surface area contributed by atoms with Crippen molar-refractivity contribution in [1.82, 2.24) is 0 Å². The molecule has 1 fully saturated rings. The van der Waals surface area contributed by atoms with E-state index >= 15 is 0 Å². The highest BCUT2D eigenvalue weighted by molar-refractivity contribution is 5.67. The number of benzene rings is 1. The molecule has 1 aromatic rings. The fraction of sp³-hybridized carbons (Fsp3) is 0.400.